The Hall–Kier alpha value is -1.59. The summed E-state index contributed by atoms with van der Waals surface area (Å²) in [6.45, 7) is 5.93. The third kappa shape index (κ3) is 5.94. The van der Waals surface area contributed by atoms with Crippen LogP contribution < -0.4 is 10.1 Å². The minimum Gasteiger partial charge on any atom is -0.497 e. The molecule has 1 amide bonds. The van der Waals surface area contributed by atoms with E-state index >= 15 is 0 Å². The maximum Gasteiger partial charge on any atom is 0.222 e. The minimum absolute atomic E-state index is 0.0917. The maximum atomic E-state index is 12.5. The molecule has 0 saturated carbocycles. The van der Waals surface area contributed by atoms with E-state index in [0.717, 1.165) is 44.2 Å². The molecule has 0 radical (unpaired) electrons. The Labute approximate surface area is 163 Å². The van der Waals surface area contributed by atoms with Crippen LogP contribution in [0.15, 0.2) is 24.3 Å². The van der Waals surface area contributed by atoms with Crippen molar-refractivity contribution >= 4 is 5.91 Å². The molecule has 3 rings (SSSR count). The van der Waals surface area contributed by atoms with Gasteiger partial charge >= 0.3 is 0 Å². The van der Waals surface area contributed by atoms with Gasteiger partial charge in [0.15, 0.2) is 0 Å². The molecule has 5 nitrogen and oxygen atoms in total. The number of rotatable bonds is 7. The van der Waals surface area contributed by atoms with E-state index in [-0.39, 0.29) is 18.1 Å². The van der Waals surface area contributed by atoms with Gasteiger partial charge in [0.1, 0.15) is 5.75 Å². The fraction of sp³-hybridized carbons (Fsp3) is 0.682. The lowest BCUT2D eigenvalue weighted by Gasteiger charge is -2.37. The number of benzene rings is 1. The van der Waals surface area contributed by atoms with Gasteiger partial charge in [0.25, 0.3) is 0 Å². The zero-order valence-electron chi connectivity index (χ0n) is 16.8. The normalized spacial score (nSPS) is 23.0. The molecule has 5 heteroatoms. The van der Waals surface area contributed by atoms with E-state index in [2.05, 4.69) is 29.3 Å². The molecule has 2 saturated heterocycles. The molecule has 0 aliphatic carbocycles. The zero-order valence-corrected chi connectivity index (χ0v) is 16.8. The predicted octanol–water partition coefficient (Wildman–Crippen LogP) is 3.54. The van der Waals surface area contributed by atoms with E-state index in [9.17, 15) is 4.79 Å². The first-order valence-electron chi connectivity index (χ1n) is 10.4. The molecule has 0 bridgehead atoms. The van der Waals surface area contributed by atoms with Crippen LogP contribution in [0.4, 0.5) is 0 Å². The highest BCUT2D eigenvalue weighted by Crippen LogP contribution is 2.27. The highest BCUT2D eigenvalue weighted by Gasteiger charge is 2.26. The number of ether oxygens (including phenoxy) is 2. The van der Waals surface area contributed by atoms with Gasteiger partial charge in [-0.2, -0.15) is 0 Å². The maximum absolute atomic E-state index is 12.5. The summed E-state index contributed by atoms with van der Waals surface area (Å²) in [5.74, 6) is 1.75. The van der Waals surface area contributed by atoms with Crippen LogP contribution in [-0.4, -0.2) is 50.3 Å². The number of hydrogen-bond donors (Lipinski definition) is 1. The Bertz CT molecular complexity index is 576. The molecule has 1 aromatic rings. The van der Waals surface area contributed by atoms with E-state index < -0.39 is 0 Å². The molecule has 2 heterocycles. The average molecular weight is 375 g/mol. The summed E-state index contributed by atoms with van der Waals surface area (Å²) in [6.07, 6.45) is 6.29. The van der Waals surface area contributed by atoms with Crippen molar-refractivity contribution in [1.29, 1.82) is 0 Å². The Morgan fingerprint density at radius 3 is 2.59 bits per heavy atom. The first-order valence-corrected chi connectivity index (χ1v) is 10.4. The van der Waals surface area contributed by atoms with Gasteiger partial charge in [0.2, 0.25) is 5.91 Å². The van der Waals surface area contributed by atoms with Gasteiger partial charge in [0, 0.05) is 13.2 Å². The first-order chi connectivity index (χ1) is 13.2. The van der Waals surface area contributed by atoms with Gasteiger partial charge in [-0.25, -0.2) is 0 Å². The Morgan fingerprint density at radius 1 is 1.22 bits per heavy atom. The van der Waals surface area contributed by atoms with Gasteiger partial charge in [0.05, 0.1) is 25.7 Å². The van der Waals surface area contributed by atoms with Crippen molar-refractivity contribution in [2.75, 3.05) is 33.4 Å². The molecule has 1 N–H and O–H groups in total. The smallest absolute Gasteiger partial charge is 0.222 e. The summed E-state index contributed by atoms with van der Waals surface area (Å²) >= 11 is 0. The van der Waals surface area contributed by atoms with Crippen LogP contribution in [0.1, 0.15) is 57.1 Å². The van der Waals surface area contributed by atoms with Crippen LogP contribution >= 0.6 is 0 Å². The van der Waals surface area contributed by atoms with Crippen molar-refractivity contribution in [2.24, 2.45) is 5.92 Å². The zero-order chi connectivity index (χ0) is 19.1. The fourth-order valence-electron chi connectivity index (χ4n) is 4.08. The van der Waals surface area contributed by atoms with Crippen LogP contribution in [0.2, 0.25) is 0 Å². The number of nitrogens with zero attached hydrogens (tertiary/aromatic N) is 1. The van der Waals surface area contributed by atoms with Gasteiger partial charge in [-0.1, -0.05) is 19.1 Å². The Morgan fingerprint density at radius 2 is 1.96 bits per heavy atom. The molecule has 2 atom stereocenters. The van der Waals surface area contributed by atoms with Crippen LogP contribution in [0.3, 0.4) is 0 Å². The number of amides is 1. The lowest BCUT2D eigenvalue weighted by atomic mass is 9.95. The number of hydrogen-bond acceptors (Lipinski definition) is 4. The van der Waals surface area contributed by atoms with Crippen LogP contribution in [0.5, 0.6) is 5.75 Å². The number of carbonyl (C=O) groups excluding carboxylic acids is 1. The molecule has 0 spiro atoms. The predicted molar refractivity (Wildman–Crippen MR) is 107 cm³/mol. The summed E-state index contributed by atoms with van der Waals surface area (Å²) in [7, 11) is 1.69. The Kier molecular flexibility index (Phi) is 7.53. The van der Waals surface area contributed by atoms with Crippen molar-refractivity contribution < 1.29 is 14.3 Å². The quantitative estimate of drug-likeness (QED) is 0.793. The second-order valence-corrected chi connectivity index (χ2v) is 8.00. The van der Waals surface area contributed by atoms with Crippen molar-refractivity contribution in [1.82, 2.24) is 10.2 Å². The average Bonchev–Trinajstić information content (AvgIpc) is 2.70. The fourth-order valence-corrected chi connectivity index (χ4v) is 4.08. The lowest BCUT2D eigenvalue weighted by molar-refractivity contribution is -0.125. The van der Waals surface area contributed by atoms with E-state index in [1.54, 1.807) is 7.11 Å². The van der Waals surface area contributed by atoms with Crippen LogP contribution in [0.25, 0.3) is 0 Å². The van der Waals surface area contributed by atoms with E-state index in [4.69, 9.17) is 9.47 Å². The van der Waals surface area contributed by atoms with Crippen LogP contribution in [-0.2, 0) is 9.53 Å². The van der Waals surface area contributed by atoms with Crippen molar-refractivity contribution in [3.05, 3.63) is 29.8 Å². The molecule has 1 aromatic carbocycles. The molecule has 2 unspecified atom stereocenters. The SMILES string of the molecule is COc1ccc(C(CNC(=O)CC2CCCCO2)N2CCC(C)CC2)cc1. The summed E-state index contributed by atoms with van der Waals surface area (Å²) in [4.78, 5) is 15.0. The molecule has 150 valence electrons. The molecular weight excluding hydrogens is 340 g/mol. The molecule has 2 fully saturated rings. The highest BCUT2D eigenvalue weighted by atomic mass is 16.5. The highest BCUT2D eigenvalue weighted by molar-refractivity contribution is 5.76. The number of carbonyl (C=O) groups is 1. The number of likely N-dealkylation sites (tertiary alicyclic amines) is 1. The monoisotopic (exact) mass is 374 g/mol. The third-order valence-electron chi connectivity index (χ3n) is 5.94. The minimum atomic E-state index is 0.0917. The summed E-state index contributed by atoms with van der Waals surface area (Å²) in [6, 6.07) is 8.47. The van der Waals surface area contributed by atoms with E-state index in [1.807, 2.05) is 12.1 Å². The van der Waals surface area contributed by atoms with Crippen LogP contribution in [0, 0.1) is 5.92 Å². The van der Waals surface area contributed by atoms with Gasteiger partial charge in [-0.3, -0.25) is 9.69 Å². The van der Waals surface area contributed by atoms with Gasteiger partial charge in [-0.15, -0.1) is 0 Å². The van der Waals surface area contributed by atoms with Crippen molar-refractivity contribution in [2.45, 2.75) is 57.6 Å². The summed E-state index contributed by atoms with van der Waals surface area (Å²) < 4.78 is 11.0. The number of methoxy groups -OCH3 is 1. The second kappa shape index (κ2) is 10.1. The van der Waals surface area contributed by atoms with E-state index in [1.165, 1.54) is 24.8 Å². The lowest BCUT2D eigenvalue weighted by Crippen LogP contribution is -2.42. The first kappa shape index (κ1) is 20.2. The summed E-state index contributed by atoms with van der Waals surface area (Å²) in [5, 5.41) is 3.17. The molecule has 27 heavy (non-hydrogen) atoms. The summed E-state index contributed by atoms with van der Waals surface area (Å²) in [5.41, 5.74) is 1.24. The van der Waals surface area contributed by atoms with Crippen molar-refractivity contribution in [3.8, 4) is 5.75 Å². The van der Waals surface area contributed by atoms with Gasteiger partial charge < -0.3 is 14.8 Å². The number of piperidine rings is 1. The van der Waals surface area contributed by atoms with Gasteiger partial charge in [-0.05, 0) is 68.8 Å². The standard InChI is InChI=1S/C22H34N2O3/c1-17-10-12-24(13-11-17)21(18-6-8-19(26-2)9-7-18)16-23-22(25)15-20-5-3-4-14-27-20/h6-9,17,20-21H,3-5,10-16H2,1-2H3,(H,23,25). The third-order valence-corrected chi connectivity index (χ3v) is 5.94. The second-order valence-electron chi connectivity index (χ2n) is 8.00. The molecule has 2 aliphatic heterocycles. The molecule has 2 aliphatic rings. The molecular formula is C22H34N2O3. The van der Waals surface area contributed by atoms with Crippen molar-refractivity contribution in [3.63, 3.8) is 0 Å². The molecule has 0 aromatic heterocycles. The number of nitrogens with one attached hydrogen (secondary N) is 1. The largest absolute Gasteiger partial charge is 0.497 e. The Balaban J connectivity index is 1.60. The van der Waals surface area contributed by atoms with E-state index in [0.29, 0.717) is 13.0 Å². The topological polar surface area (TPSA) is 50.8 Å².